The average molecular weight is 246 g/mol. The van der Waals surface area contributed by atoms with Crippen LogP contribution in [0.3, 0.4) is 0 Å². The van der Waals surface area contributed by atoms with Gasteiger partial charge in [-0.1, -0.05) is 49.6 Å². The highest BCUT2D eigenvalue weighted by Crippen LogP contribution is 2.35. The maximum Gasteiger partial charge on any atom is 0.0733 e. The van der Waals surface area contributed by atoms with Crippen LogP contribution in [-0.2, 0) is 6.54 Å². The van der Waals surface area contributed by atoms with Crippen LogP contribution in [0, 0.1) is 0 Å². The van der Waals surface area contributed by atoms with Gasteiger partial charge in [-0.25, -0.2) is 0 Å². The van der Waals surface area contributed by atoms with E-state index in [0.29, 0.717) is 0 Å². The molecule has 0 saturated heterocycles. The van der Waals surface area contributed by atoms with Crippen molar-refractivity contribution in [3.05, 3.63) is 35.9 Å². The molecule has 0 radical (unpaired) electrons. The minimum absolute atomic E-state index is 0.258. The van der Waals surface area contributed by atoms with E-state index >= 15 is 0 Å². The van der Waals surface area contributed by atoms with E-state index < -0.39 is 0 Å². The summed E-state index contributed by atoms with van der Waals surface area (Å²) in [6.45, 7) is 1.04. The van der Waals surface area contributed by atoms with Crippen LogP contribution in [0.4, 0.5) is 0 Å². The third-order valence-electron chi connectivity index (χ3n) is 4.46. The van der Waals surface area contributed by atoms with Gasteiger partial charge in [-0.15, -0.1) is 0 Å². The molecule has 0 unspecified atom stereocenters. The Labute approximate surface area is 112 Å². The molecule has 18 heavy (non-hydrogen) atoms. The van der Waals surface area contributed by atoms with Crippen molar-refractivity contribution >= 4 is 0 Å². The number of benzene rings is 1. The van der Waals surface area contributed by atoms with Crippen LogP contribution >= 0.6 is 0 Å². The molecule has 100 valence electrons. The van der Waals surface area contributed by atoms with E-state index in [1.54, 1.807) is 0 Å². The molecular weight excluding hydrogens is 220 g/mol. The topological polar surface area (TPSA) is 6.48 Å². The maximum absolute atomic E-state index is 2.54. The standard InChI is InChI=1S/C16H26N2/c1-17(2)16(12-8-5-9-13-16)18(3)14-15-10-6-4-7-11-15/h4,6-7,10-11H,5,8-9,12-14H2,1-3H3. The van der Waals surface area contributed by atoms with E-state index in [1.807, 2.05) is 0 Å². The summed E-state index contributed by atoms with van der Waals surface area (Å²) in [5.74, 6) is 0. The van der Waals surface area contributed by atoms with Crippen LogP contribution in [-0.4, -0.2) is 36.6 Å². The van der Waals surface area contributed by atoms with Crippen LogP contribution in [0.2, 0.25) is 0 Å². The van der Waals surface area contributed by atoms with E-state index in [-0.39, 0.29) is 5.66 Å². The lowest BCUT2D eigenvalue weighted by Gasteiger charge is -2.49. The first-order valence-electron chi connectivity index (χ1n) is 7.08. The highest BCUT2D eigenvalue weighted by Gasteiger charge is 2.37. The molecule has 0 aliphatic heterocycles. The molecule has 0 aromatic heterocycles. The Morgan fingerprint density at radius 1 is 0.944 bits per heavy atom. The Balaban J connectivity index is 2.11. The average Bonchev–Trinajstić information content (AvgIpc) is 2.40. The highest BCUT2D eigenvalue weighted by molar-refractivity contribution is 5.15. The van der Waals surface area contributed by atoms with Crippen molar-refractivity contribution in [2.45, 2.75) is 44.3 Å². The fourth-order valence-corrected chi connectivity index (χ4v) is 3.29. The Morgan fingerprint density at radius 3 is 2.11 bits per heavy atom. The van der Waals surface area contributed by atoms with Gasteiger partial charge in [0.25, 0.3) is 0 Å². The van der Waals surface area contributed by atoms with Crippen LogP contribution in [0.1, 0.15) is 37.7 Å². The largest absolute Gasteiger partial charge is 0.291 e. The lowest BCUT2D eigenvalue weighted by Crippen LogP contribution is -2.57. The summed E-state index contributed by atoms with van der Waals surface area (Å²) < 4.78 is 0. The molecule has 0 bridgehead atoms. The molecule has 2 nitrogen and oxygen atoms in total. The number of hydrogen-bond acceptors (Lipinski definition) is 2. The molecule has 0 N–H and O–H groups in total. The van der Waals surface area contributed by atoms with Gasteiger partial charge in [-0.2, -0.15) is 0 Å². The SMILES string of the molecule is CN(C)C1(N(C)Cc2ccccc2)CCCCC1. The number of hydrogen-bond donors (Lipinski definition) is 0. The summed E-state index contributed by atoms with van der Waals surface area (Å²) in [7, 11) is 6.73. The molecule has 0 spiro atoms. The Hall–Kier alpha value is -0.860. The molecule has 1 saturated carbocycles. The molecule has 1 aromatic carbocycles. The van der Waals surface area contributed by atoms with Gasteiger partial charge in [-0.3, -0.25) is 9.80 Å². The van der Waals surface area contributed by atoms with E-state index in [0.717, 1.165) is 6.54 Å². The smallest absolute Gasteiger partial charge is 0.0733 e. The first-order chi connectivity index (χ1) is 8.65. The van der Waals surface area contributed by atoms with Crippen molar-refractivity contribution in [1.29, 1.82) is 0 Å². The van der Waals surface area contributed by atoms with Crippen molar-refractivity contribution in [3.63, 3.8) is 0 Å². The summed E-state index contributed by atoms with van der Waals surface area (Å²) in [5, 5.41) is 0. The Morgan fingerprint density at radius 2 is 1.56 bits per heavy atom. The van der Waals surface area contributed by atoms with Gasteiger partial charge >= 0.3 is 0 Å². The summed E-state index contributed by atoms with van der Waals surface area (Å²) in [5.41, 5.74) is 1.67. The molecule has 1 fully saturated rings. The van der Waals surface area contributed by atoms with Crippen molar-refractivity contribution < 1.29 is 0 Å². The normalized spacial score (nSPS) is 19.4. The second-order valence-corrected chi connectivity index (χ2v) is 5.78. The zero-order valence-electron chi connectivity index (χ0n) is 12.0. The number of rotatable bonds is 4. The van der Waals surface area contributed by atoms with Gasteiger partial charge in [-0.05, 0) is 39.5 Å². The van der Waals surface area contributed by atoms with E-state index in [2.05, 4.69) is 61.3 Å². The van der Waals surface area contributed by atoms with Crippen LogP contribution in [0.15, 0.2) is 30.3 Å². The predicted octanol–water partition coefficient (Wildman–Crippen LogP) is 3.34. The van der Waals surface area contributed by atoms with Gasteiger partial charge in [0, 0.05) is 6.54 Å². The maximum atomic E-state index is 2.54. The lowest BCUT2D eigenvalue weighted by molar-refractivity contribution is -0.0487. The quantitative estimate of drug-likeness (QED) is 0.752. The third kappa shape index (κ3) is 2.76. The molecule has 2 rings (SSSR count). The third-order valence-corrected chi connectivity index (χ3v) is 4.46. The minimum Gasteiger partial charge on any atom is -0.291 e. The fraction of sp³-hybridized carbons (Fsp3) is 0.625. The molecule has 1 aliphatic carbocycles. The minimum atomic E-state index is 0.258. The summed E-state index contributed by atoms with van der Waals surface area (Å²) >= 11 is 0. The lowest BCUT2D eigenvalue weighted by atomic mass is 9.86. The van der Waals surface area contributed by atoms with Crippen molar-refractivity contribution in [1.82, 2.24) is 9.80 Å². The van der Waals surface area contributed by atoms with Crippen molar-refractivity contribution in [2.75, 3.05) is 21.1 Å². The monoisotopic (exact) mass is 246 g/mol. The summed E-state index contributed by atoms with van der Waals surface area (Å²) in [4.78, 5) is 4.97. The van der Waals surface area contributed by atoms with Gasteiger partial charge in [0.1, 0.15) is 0 Å². The second kappa shape index (κ2) is 5.85. The van der Waals surface area contributed by atoms with Crippen molar-refractivity contribution in [3.8, 4) is 0 Å². The van der Waals surface area contributed by atoms with E-state index in [1.165, 1.54) is 37.7 Å². The summed E-state index contributed by atoms with van der Waals surface area (Å²) in [6.07, 6.45) is 6.70. The molecule has 2 heteroatoms. The Bertz CT molecular complexity index is 353. The Kier molecular flexibility index (Phi) is 4.41. The zero-order chi connectivity index (χ0) is 13.0. The highest BCUT2D eigenvalue weighted by atomic mass is 15.4. The molecule has 0 amide bonds. The zero-order valence-corrected chi connectivity index (χ0v) is 12.0. The van der Waals surface area contributed by atoms with Gasteiger partial charge in [0.15, 0.2) is 0 Å². The van der Waals surface area contributed by atoms with Gasteiger partial charge in [0.05, 0.1) is 5.66 Å². The van der Waals surface area contributed by atoms with E-state index in [9.17, 15) is 0 Å². The van der Waals surface area contributed by atoms with Crippen LogP contribution < -0.4 is 0 Å². The second-order valence-electron chi connectivity index (χ2n) is 5.78. The van der Waals surface area contributed by atoms with Crippen molar-refractivity contribution in [2.24, 2.45) is 0 Å². The predicted molar refractivity (Wildman–Crippen MR) is 77.4 cm³/mol. The molecule has 1 aliphatic rings. The summed E-state index contributed by atoms with van der Waals surface area (Å²) in [6, 6.07) is 10.8. The first kappa shape index (κ1) is 13.6. The van der Waals surface area contributed by atoms with Gasteiger partial charge in [0.2, 0.25) is 0 Å². The van der Waals surface area contributed by atoms with Gasteiger partial charge < -0.3 is 0 Å². The first-order valence-corrected chi connectivity index (χ1v) is 7.08. The number of nitrogens with zero attached hydrogens (tertiary/aromatic N) is 2. The molecule has 0 atom stereocenters. The fourth-order valence-electron chi connectivity index (χ4n) is 3.29. The van der Waals surface area contributed by atoms with E-state index in [4.69, 9.17) is 0 Å². The molecule has 0 heterocycles. The van der Waals surface area contributed by atoms with Crippen LogP contribution in [0.25, 0.3) is 0 Å². The van der Waals surface area contributed by atoms with Crippen LogP contribution in [0.5, 0.6) is 0 Å². The molecular formula is C16H26N2. The molecule has 1 aromatic rings.